The molecule has 74 valence electrons. The molecular weight excluding hydrogens is 172 g/mol. The summed E-state index contributed by atoms with van der Waals surface area (Å²) >= 11 is 0. The summed E-state index contributed by atoms with van der Waals surface area (Å²) in [5.74, 6) is 3.31. The molecule has 0 amide bonds. The van der Waals surface area contributed by atoms with E-state index in [4.69, 9.17) is 0 Å². The molecule has 1 N–H and O–H groups in total. The molecule has 0 aromatic rings. The fourth-order valence-corrected chi connectivity index (χ4v) is 3.82. The maximum absolute atomic E-state index is 11.9. The minimum absolute atomic E-state index is 0.100. The third kappa shape index (κ3) is 1.13. The van der Waals surface area contributed by atoms with Gasteiger partial charge in [0.15, 0.2) is 0 Å². The van der Waals surface area contributed by atoms with E-state index in [0.29, 0.717) is 6.04 Å². The molecule has 3 heteroatoms. The van der Waals surface area contributed by atoms with E-state index < -0.39 is 6.43 Å². The summed E-state index contributed by atoms with van der Waals surface area (Å²) in [4.78, 5) is 0. The van der Waals surface area contributed by atoms with Crippen LogP contribution in [0.15, 0.2) is 0 Å². The molecule has 0 spiro atoms. The van der Waals surface area contributed by atoms with Crippen molar-refractivity contribution in [2.75, 3.05) is 6.54 Å². The molecule has 4 atom stereocenters. The van der Waals surface area contributed by atoms with Gasteiger partial charge in [0.2, 0.25) is 0 Å². The Morgan fingerprint density at radius 1 is 1.15 bits per heavy atom. The molecule has 0 aromatic carbocycles. The first-order valence-corrected chi connectivity index (χ1v) is 5.29. The lowest BCUT2D eigenvalue weighted by Gasteiger charge is -2.09. The first kappa shape index (κ1) is 8.16. The second-order valence-corrected chi connectivity index (χ2v) is 4.81. The van der Waals surface area contributed by atoms with Crippen molar-refractivity contribution in [1.82, 2.24) is 5.32 Å². The number of fused-ring (bicyclic) bond motifs is 5. The fraction of sp³-hybridized carbons (Fsp3) is 1.00. The van der Waals surface area contributed by atoms with Crippen molar-refractivity contribution in [2.45, 2.75) is 31.7 Å². The van der Waals surface area contributed by atoms with Gasteiger partial charge in [0.1, 0.15) is 0 Å². The van der Waals surface area contributed by atoms with Gasteiger partial charge in [-0.2, -0.15) is 0 Å². The molecule has 0 aliphatic heterocycles. The Hall–Kier alpha value is -0.180. The van der Waals surface area contributed by atoms with Crippen molar-refractivity contribution in [3.63, 3.8) is 0 Å². The highest BCUT2D eigenvalue weighted by Gasteiger charge is 2.64. The van der Waals surface area contributed by atoms with Crippen molar-refractivity contribution in [2.24, 2.45) is 23.7 Å². The molecule has 4 unspecified atom stereocenters. The monoisotopic (exact) mass is 187 g/mol. The van der Waals surface area contributed by atoms with Gasteiger partial charge in [-0.15, -0.1) is 0 Å². The molecular formula is C10H15F2N. The van der Waals surface area contributed by atoms with Crippen LogP contribution in [0.4, 0.5) is 8.78 Å². The van der Waals surface area contributed by atoms with Crippen LogP contribution in [0.3, 0.4) is 0 Å². The van der Waals surface area contributed by atoms with Crippen LogP contribution < -0.4 is 5.32 Å². The number of nitrogens with one attached hydrogen (secondary N) is 1. The van der Waals surface area contributed by atoms with Crippen molar-refractivity contribution in [3.05, 3.63) is 0 Å². The van der Waals surface area contributed by atoms with E-state index in [1.807, 2.05) is 0 Å². The van der Waals surface area contributed by atoms with Crippen molar-refractivity contribution >= 4 is 0 Å². The lowest BCUT2D eigenvalue weighted by atomic mass is 10.0. The van der Waals surface area contributed by atoms with Crippen molar-refractivity contribution in [1.29, 1.82) is 0 Å². The molecule has 0 heterocycles. The normalized spacial score (nSPS) is 51.5. The van der Waals surface area contributed by atoms with E-state index in [0.717, 1.165) is 23.7 Å². The SMILES string of the molecule is FC(F)CNC1C2C3CCC(C3)C12. The Labute approximate surface area is 76.9 Å². The van der Waals surface area contributed by atoms with E-state index in [9.17, 15) is 8.78 Å². The quantitative estimate of drug-likeness (QED) is 0.711. The molecule has 3 saturated carbocycles. The molecule has 13 heavy (non-hydrogen) atoms. The maximum Gasteiger partial charge on any atom is 0.250 e. The highest BCUT2D eigenvalue weighted by molar-refractivity contribution is 5.16. The van der Waals surface area contributed by atoms with E-state index in [1.165, 1.54) is 19.3 Å². The first-order valence-electron chi connectivity index (χ1n) is 5.29. The average molecular weight is 187 g/mol. The highest BCUT2D eigenvalue weighted by atomic mass is 19.3. The zero-order chi connectivity index (χ0) is 9.00. The first-order chi connectivity index (χ1) is 6.27. The van der Waals surface area contributed by atoms with Crippen molar-refractivity contribution < 1.29 is 8.78 Å². The molecule has 1 nitrogen and oxygen atoms in total. The maximum atomic E-state index is 11.9. The van der Waals surface area contributed by atoms with Gasteiger partial charge < -0.3 is 5.32 Å². The van der Waals surface area contributed by atoms with Gasteiger partial charge in [-0.3, -0.25) is 0 Å². The topological polar surface area (TPSA) is 12.0 Å². The summed E-state index contributed by atoms with van der Waals surface area (Å²) in [6.07, 6.45) is 1.93. The number of hydrogen-bond acceptors (Lipinski definition) is 1. The number of alkyl halides is 2. The third-order valence-corrected chi connectivity index (χ3v) is 4.24. The molecule has 3 rings (SSSR count). The second-order valence-electron chi connectivity index (χ2n) is 4.81. The highest BCUT2D eigenvalue weighted by Crippen LogP contribution is 2.65. The standard InChI is InChI=1S/C10H15F2N/c11-7(12)4-13-10-8-5-1-2-6(3-5)9(8)10/h5-10,13H,1-4H2. The minimum Gasteiger partial charge on any atom is -0.308 e. The predicted molar refractivity (Wildman–Crippen MR) is 45.6 cm³/mol. The van der Waals surface area contributed by atoms with Gasteiger partial charge in [-0.25, -0.2) is 8.78 Å². The molecule has 3 aliphatic rings. The van der Waals surface area contributed by atoms with Gasteiger partial charge in [-0.1, -0.05) is 0 Å². The van der Waals surface area contributed by atoms with E-state index in [1.54, 1.807) is 0 Å². The van der Waals surface area contributed by atoms with Gasteiger partial charge in [-0.05, 0) is 42.9 Å². The molecule has 0 aromatic heterocycles. The van der Waals surface area contributed by atoms with Crippen LogP contribution in [0.5, 0.6) is 0 Å². The molecule has 3 fully saturated rings. The summed E-state index contributed by atoms with van der Waals surface area (Å²) in [5.41, 5.74) is 0. The molecule has 0 saturated heterocycles. The Balaban J connectivity index is 1.55. The van der Waals surface area contributed by atoms with Crippen LogP contribution in [0.1, 0.15) is 19.3 Å². The van der Waals surface area contributed by atoms with Crippen LogP contribution in [0, 0.1) is 23.7 Å². The average Bonchev–Trinajstić information content (AvgIpc) is 2.51. The molecule has 0 radical (unpaired) electrons. The summed E-state index contributed by atoms with van der Waals surface area (Å²) in [7, 11) is 0. The molecule has 2 bridgehead atoms. The van der Waals surface area contributed by atoms with E-state index >= 15 is 0 Å². The Morgan fingerprint density at radius 3 is 2.31 bits per heavy atom. The van der Waals surface area contributed by atoms with E-state index in [2.05, 4.69) is 5.32 Å². The second kappa shape index (κ2) is 2.66. The van der Waals surface area contributed by atoms with Gasteiger partial charge in [0, 0.05) is 6.04 Å². The van der Waals surface area contributed by atoms with E-state index in [-0.39, 0.29) is 6.54 Å². The van der Waals surface area contributed by atoms with Crippen LogP contribution >= 0.6 is 0 Å². The summed E-state index contributed by atoms with van der Waals surface area (Å²) < 4.78 is 23.9. The summed E-state index contributed by atoms with van der Waals surface area (Å²) in [6, 6.07) is 0.459. The molecule has 3 aliphatic carbocycles. The van der Waals surface area contributed by atoms with Crippen LogP contribution in [-0.2, 0) is 0 Å². The smallest absolute Gasteiger partial charge is 0.250 e. The summed E-state index contributed by atoms with van der Waals surface area (Å²) in [5, 5.41) is 3.01. The Kier molecular flexibility index (Phi) is 1.67. The largest absolute Gasteiger partial charge is 0.308 e. The fourth-order valence-electron chi connectivity index (χ4n) is 3.82. The van der Waals surface area contributed by atoms with Gasteiger partial charge >= 0.3 is 0 Å². The zero-order valence-corrected chi connectivity index (χ0v) is 7.55. The number of rotatable bonds is 3. The Morgan fingerprint density at radius 2 is 1.77 bits per heavy atom. The predicted octanol–water partition coefficient (Wildman–Crippen LogP) is 1.89. The number of halogens is 2. The van der Waals surface area contributed by atoms with Crippen LogP contribution in [0.2, 0.25) is 0 Å². The zero-order valence-electron chi connectivity index (χ0n) is 7.55. The van der Waals surface area contributed by atoms with Crippen molar-refractivity contribution in [3.8, 4) is 0 Å². The lowest BCUT2D eigenvalue weighted by Crippen LogP contribution is -2.27. The van der Waals surface area contributed by atoms with Gasteiger partial charge in [0.05, 0.1) is 6.54 Å². The third-order valence-electron chi connectivity index (χ3n) is 4.24. The summed E-state index contributed by atoms with van der Waals surface area (Å²) in [6.45, 7) is -0.100. The van der Waals surface area contributed by atoms with Crippen LogP contribution in [-0.4, -0.2) is 19.0 Å². The minimum atomic E-state index is -2.18. The number of hydrogen-bond donors (Lipinski definition) is 1. The van der Waals surface area contributed by atoms with Gasteiger partial charge in [0.25, 0.3) is 6.43 Å². The van der Waals surface area contributed by atoms with Crippen LogP contribution in [0.25, 0.3) is 0 Å². The Bertz CT molecular complexity index is 203. The lowest BCUT2D eigenvalue weighted by molar-refractivity contribution is 0.143.